The first-order chi connectivity index (χ1) is 12.5. The number of hydrogen-bond donors (Lipinski definition) is 0. The number of ether oxygens (including phenoxy) is 1. The predicted molar refractivity (Wildman–Crippen MR) is 78.2 cm³/mol. The predicted octanol–water partition coefficient (Wildman–Crippen LogP) is 4.20. The highest BCUT2D eigenvalue weighted by Gasteiger charge is 2.33. The quantitative estimate of drug-likeness (QED) is 0.629. The molecule has 0 unspecified atom stereocenters. The number of nitrogens with zero attached hydrogens (tertiary/aromatic N) is 5. The molecule has 3 aromatic heterocycles. The molecule has 3 aromatic rings. The fourth-order valence-corrected chi connectivity index (χ4v) is 1.95. The van der Waals surface area contributed by atoms with E-state index < -0.39 is 23.6 Å². The molecule has 0 atom stereocenters. The first-order valence-corrected chi connectivity index (χ1v) is 7.21. The second kappa shape index (κ2) is 6.52. The van der Waals surface area contributed by atoms with E-state index in [4.69, 9.17) is 4.74 Å². The first-order valence-electron chi connectivity index (χ1n) is 7.21. The van der Waals surface area contributed by atoms with Crippen LogP contribution in [0.4, 0.5) is 26.3 Å². The molecule has 0 aromatic carbocycles. The van der Waals surface area contributed by atoms with Crippen LogP contribution >= 0.6 is 0 Å². The lowest BCUT2D eigenvalue weighted by Gasteiger charge is -2.11. The Morgan fingerprint density at radius 3 is 2.37 bits per heavy atom. The number of halogens is 6. The Morgan fingerprint density at radius 1 is 1.00 bits per heavy atom. The Morgan fingerprint density at radius 2 is 1.74 bits per heavy atom. The van der Waals surface area contributed by atoms with E-state index in [2.05, 4.69) is 20.1 Å². The van der Waals surface area contributed by atoms with E-state index in [0.29, 0.717) is 24.0 Å². The number of rotatable bonds is 3. The van der Waals surface area contributed by atoms with Crippen molar-refractivity contribution in [2.45, 2.75) is 19.3 Å². The summed E-state index contributed by atoms with van der Waals surface area (Å²) in [5, 5.41) is 3.53. The van der Waals surface area contributed by atoms with Crippen molar-refractivity contribution in [1.82, 2.24) is 24.7 Å². The SMILES string of the molecule is Cc1cnc(-n2cc(C(F)(F)F)cn2)nc1Oc1ccnc(C(F)(F)F)c1. The summed E-state index contributed by atoms with van der Waals surface area (Å²) in [6.45, 7) is 1.52. The molecule has 0 N–H and O–H groups in total. The van der Waals surface area contributed by atoms with E-state index in [9.17, 15) is 26.3 Å². The van der Waals surface area contributed by atoms with Gasteiger partial charge in [0.25, 0.3) is 5.95 Å². The van der Waals surface area contributed by atoms with E-state index >= 15 is 0 Å². The van der Waals surface area contributed by atoms with Gasteiger partial charge < -0.3 is 4.74 Å². The van der Waals surface area contributed by atoms with Gasteiger partial charge in [0.15, 0.2) is 0 Å². The maximum absolute atomic E-state index is 12.7. The molecule has 0 radical (unpaired) electrons. The minimum Gasteiger partial charge on any atom is -0.438 e. The van der Waals surface area contributed by atoms with Gasteiger partial charge in [-0.15, -0.1) is 0 Å². The molecule has 27 heavy (non-hydrogen) atoms. The highest BCUT2D eigenvalue weighted by Crippen LogP contribution is 2.32. The van der Waals surface area contributed by atoms with Gasteiger partial charge in [0, 0.05) is 30.2 Å². The largest absolute Gasteiger partial charge is 0.438 e. The average molecular weight is 389 g/mol. The van der Waals surface area contributed by atoms with Crippen LogP contribution < -0.4 is 4.74 Å². The molecule has 3 rings (SSSR count). The Balaban J connectivity index is 1.92. The van der Waals surface area contributed by atoms with Crippen molar-refractivity contribution in [2.24, 2.45) is 0 Å². The zero-order chi connectivity index (χ0) is 19.8. The van der Waals surface area contributed by atoms with Crippen molar-refractivity contribution in [3.05, 3.63) is 53.7 Å². The first kappa shape index (κ1) is 18.6. The van der Waals surface area contributed by atoms with Gasteiger partial charge in [-0.25, -0.2) is 9.67 Å². The maximum Gasteiger partial charge on any atom is 0.433 e. The summed E-state index contributed by atoms with van der Waals surface area (Å²) in [7, 11) is 0. The number of pyridine rings is 1. The number of hydrogen-bond acceptors (Lipinski definition) is 5. The van der Waals surface area contributed by atoms with Crippen LogP contribution in [-0.2, 0) is 12.4 Å². The fourth-order valence-electron chi connectivity index (χ4n) is 1.95. The molecule has 0 saturated carbocycles. The van der Waals surface area contributed by atoms with Crippen molar-refractivity contribution in [1.29, 1.82) is 0 Å². The summed E-state index contributed by atoms with van der Waals surface area (Å²) >= 11 is 0. The normalized spacial score (nSPS) is 12.3. The summed E-state index contributed by atoms with van der Waals surface area (Å²) in [6.07, 6.45) is -5.80. The summed E-state index contributed by atoms with van der Waals surface area (Å²) in [5.41, 5.74) is -1.81. The highest BCUT2D eigenvalue weighted by atomic mass is 19.4. The molecule has 6 nitrogen and oxygen atoms in total. The lowest BCUT2D eigenvalue weighted by molar-refractivity contribution is -0.141. The Labute approximate surface area is 147 Å². The smallest absolute Gasteiger partial charge is 0.433 e. The molecule has 0 fully saturated rings. The van der Waals surface area contributed by atoms with Gasteiger partial charge in [0.1, 0.15) is 11.4 Å². The standard InChI is InChI=1S/C15H9F6N5O/c1-8-5-23-13(26-7-9(6-24-26)14(16,17)18)25-12(8)27-10-2-3-22-11(4-10)15(19,20)21/h2-7H,1H3. The summed E-state index contributed by atoms with van der Waals surface area (Å²) < 4.78 is 82.3. The molecular weight excluding hydrogens is 380 g/mol. The lowest BCUT2D eigenvalue weighted by Crippen LogP contribution is -2.08. The second-order valence-corrected chi connectivity index (χ2v) is 5.31. The van der Waals surface area contributed by atoms with Crippen molar-refractivity contribution >= 4 is 0 Å². The van der Waals surface area contributed by atoms with Crippen LogP contribution in [0.15, 0.2) is 36.9 Å². The Bertz CT molecular complexity index is 966. The third-order valence-corrected chi connectivity index (χ3v) is 3.26. The molecule has 0 aliphatic carbocycles. The van der Waals surface area contributed by atoms with Gasteiger partial charge in [-0.1, -0.05) is 0 Å². The van der Waals surface area contributed by atoms with E-state index in [0.717, 1.165) is 10.9 Å². The van der Waals surface area contributed by atoms with Crippen LogP contribution in [-0.4, -0.2) is 24.7 Å². The van der Waals surface area contributed by atoms with Crippen molar-refractivity contribution in [3.63, 3.8) is 0 Å². The molecule has 0 saturated heterocycles. The summed E-state index contributed by atoms with van der Waals surface area (Å²) in [5.74, 6) is -0.568. The Hall–Kier alpha value is -3.18. The third-order valence-electron chi connectivity index (χ3n) is 3.26. The van der Waals surface area contributed by atoms with Gasteiger partial charge in [-0.2, -0.15) is 36.4 Å². The number of aryl methyl sites for hydroxylation is 1. The van der Waals surface area contributed by atoms with Crippen LogP contribution in [0.1, 0.15) is 16.8 Å². The van der Waals surface area contributed by atoms with E-state index in [-0.39, 0.29) is 17.6 Å². The van der Waals surface area contributed by atoms with Crippen LogP contribution in [0.2, 0.25) is 0 Å². The lowest BCUT2D eigenvalue weighted by atomic mass is 10.3. The third kappa shape index (κ3) is 4.15. The zero-order valence-corrected chi connectivity index (χ0v) is 13.4. The van der Waals surface area contributed by atoms with E-state index in [1.807, 2.05) is 0 Å². The molecule has 0 amide bonds. The molecule has 0 bridgehead atoms. The van der Waals surface area contributed by atoms with Gasteiger partial charge in [-0.05, 0) is 13.0 Å². The van der Waals surface area contributed by atoms with Gasteiger partial charge >= 0.3 is 12.4 Å². The summed E-state index contributed by atoms with van der Waals surface area (Å²) in [6, 6.07) is 1.86. The Kier molecular flexibility index (Phi) is 4.49. The minimum absolute atomic E-state index is 0.136. The van der Waals surface area contributed by atoms with E-state index in [1.165, 1.54) is 19.2 Å². The van der Waals surface area contributed by atoms with Crippen LogP contribution in [0, 0.1) is 6.92 Å². The monoisotopic (exact) mass is 389 g/mol. The van der Waals surface area contributed by atoms with Crippen molar-refractivity contribution in [3.8, 4) is 17.6 Å². The number of alkyl halides is 6. The van der Waals surface area contributed by atoms with Gasteiger partial charge in [-0.3, -0.25) is 4.98 Å². The van der Waals surface area contributed by atoms with Crippen LogP contribution in [0.5, 0.6) is 11.6 Å². The van der Waals surface area contributed by atoms with Gasteiger partial charge in [0.2, 0.25) is 5.88 Å². The maximum atomic E-state index is 12.7. The topological polar surface area (TPSA) is 65.7 Å². The van der Waals surface area contributed by atoms with Crippen LogP contribution in [0.25, 0.3) is 5.95 Å². The molecular formula is C15H9F6N5O. The molecule has 3 heterocycles. The number of aromatic nitrogens is 5. The van der Waals surface area contributed by atoms with E-state index in [1.54, 1.807) is 0 Å². The highest BCUT2D eigenvalue weighted by molar-refractivity contribution is 5.33. The van der Waals surface area contributed by atoms with Crippen molar-refractivity contribution in [2.75, 3.05) is 0 Å². The molecule has 142 valence electrons. The van der Waals surface area contributed by atoms with Crippen molar-refractivity contribution < 1.29 is 31.1 Å². The summed E-state index contributed by atoms with van der Waals surface area (Å²) in [4.78, 5) is 11.0. The zero-order valence-electron chi connectivity index (χ0n) is 13.4. The molecule has 12 heteroatoms. The minimum atomic E-state index is -4.66. The average Bonchev–Trinajstić information content (AvgIpc) is 3.07. The fraction of sp³-hybridized carbons (Fsp3) is 0.200. The molecule has 0 aliphatic heterocycles. The second-order valence-electron chi connectivity index (χ2n) is 5.31. The van der Waals surface area contributed by atoms with Gasteiger partial charge in [0.05, 0.1) is 11.8 Å². The molecule has 0 spiro atoms. The van der Waals surface area contributed by atoms with Crippen LogP contribution in [0.3, 0.4) is 0 Å². The molecule has 0 aliphatic rings.